The molecule has 1 amide bonds. The fourth-order valence-electron chi connectivity index (χ4n) is 5.36. The van der Waals surface area contributed by atoms with Gasteiger partial charge >= 0.3 is 0 Å². The monoisotopic (exact) mass is 396 g/mol. The Morgan fingerprint density at radius 1 is 0.966 bits per heavy atom. The summed E-state index contributed by atoms with van der Waals surface area (Å²) in [6, 6.07) is 10.3. The van der Waals surface area contributed by atoms with Crippen molar-refractivity contribution in [2.75, 3.05) is 38.1 Å². The van der Waals surface area contributed by atoms with Crippen LogP contribution in [-0.2, 0) is 4.79 Å². The fourth-order valence-corrected chi connectivity index (χ4v) is 5.36. The Morgan fingerprint density at radius 2 is 1.59 bits per heavy atom. The van der Waals surface area contributed by atoms with Gasteiger partial charge in [0.1, 0.15) is 5.84 Å². The molecular weight excluding hydrogens is 360 g/mol. The zero-order chi connectivity index (χ0) is 20.6. The normalized spacial score (nSPS) is 27.9. The van der Waals surface area contributed by atoms with Crippen molar-refractivity contribution in [3.05, 3.63) is 30.3 Å². The first-order chi connectivity index (χ1) is 13.8. The first-order valence-electron chi connectivity index (χ1n) is 11.2. The average Bonchev–Trinajstić information content (AvgIpc) is 2.90. The third kappa shape index (κ3) is 3.87. The van der Waals surface area contributed by atoms with Crippen molar-refractivity contribution in [1.29, 1.82) is 0 Å². The van der Waals surface area contributed by atoms with Crippen molar-refractivity contribution in [3.8, 4) is 0 Å². The topological polar surface area (TPSA) is 39.1 Å². The molecule has 5 heteroatoms. The molecule has 0 unspecified atom stereocenters. The van der Waals surface area contributed by atoms with E-state index in [-0.39, 0.29) is 22.9 Å². The van der Waals surface area contributed by atoms with Gasteiger partial charge < -0.3 is 4.90 Å². The van der Waals surface area contributed by atoms with Crippen LogP contribution in [0, 0.1) is 5.41 Å². The molecule has 5 nitrogen and oxygen atoms in total. The van der Waals surface area contributed by atoms with Gasteiger partial charge in [-0.1, -0.05) is 37.5 Å². The van der Waals surface area contributed by atoms with Crippen molar-refractivity contribution >= 4 is 17.4 Å². The minimum absolute atomic E-state index is 0.0865. The molecule has 0 N–H and O–H groups in total. The molecule has 1 atom stereocenters. The number of likely N-dealkylation sites (N-methyl/N-ethyl adjacent to an activating group) is 1. The van der Waals surface area contributed by atoms with Gasteiger partial charge in [0.15, 0.2) is 0 Å². The smallest absolute Gasteiger partial charge is 0.240 e. The quantitative estimate of drug-likeness (QED) is 0.763. The Balaban J connectivity index is 1.85. The van der Waals surface area contributed by atoms with Gasteiger partial charge in [-0.15, -0.1) is 0 Å². The van der Waals surface area contributed by atoms with Gasteiger partial charge in [-0.25, -0.2) is 0 Å². The van der Waals surface area contributed by atoms with Gasteiger partial charge in [-0.3, -0.25) is 19.6 Å². The Hall–Kier alpha value is -1.72. The third-order valence-corrected chi connectivity index (χ3v) is 6.74. The van der Waals surface area contributed by atoms with Gasteiger partial charge in [-0.2, -0.15) is 0 Å². The van der Waals surface area contributed by atoms with Crippen LogP contribution in [0.2, 0.25) is 0 Å². The predicted octanol–water partition coefficient (Wildman–Crippen LogP) is 3.80. The SMILES string of the molecule is CN1CCN([C@@H]2C(=NC(C)(C)C)N(c3ccccc3)C(=O)C23CCCCC3)CC1. The number of para-hydroxylation sites is 1. The number of rotatable bonds is 2. The average molecular weight is 397 g/mol. The summed E-state index contributed by atoms with van der Waals surface area (Å²) in [5, 5.41) is 0. The lowest BCUT2D eigenvalue weighted by atomic mass is 9.69. The molecule has 158 valence electrons. The number of piperazine rings is 1. The molecule has 0 aromatic heterocycles. The molecule has 1 saturated carbocycles. The highest BCUT2D eigenvalue weighted by molar-refractivity contribution is 6.27. The van der Waals surface area contributed by atoms with Gasteiger partial charge in [0.2, 0.25) is 5.91 Å². The second kappa shape index (κ2) is 7.84. The highest BCUT2D eigenvalue weighted by Gasteiger charge is 2.60. The molecule has 3 aliphatic rings. The summed E-state index contributed by atoms with van der Waals surface area (Å²) in [5.74, 6) is 1.25. The second-order valence-corrected chi connectivity index (χ2v) is 10.1. The molecule has 2 saturated heterocycles. The molecule has 2 aliphatic heterocycles. The lowest BCUT2D eigenvalue weighted by Gasteiger charge is -2.44. The predicted molar refractivity (Wildman–Crippen MR) is 119 cm³/mol. The molecule has 1 aromatic carbocycles. The lowest BCUT2D eigenvalue weighted by Crippen LogP contribution is -2.57. The van der Waals surface area contributed by atoms with E-state index in [1.165, 1.54) is 6.42 Å². The van der Waals surface area contributed by atoms with Crippen LogP contribution < -0.4 is 4.90 Å². The minimum Gasteiger partial charge on any atom is -0.304 e. The van der Waals surface area contributed by atoms with Crippen LogP contribution in [0.4, 0.5) is 5.69 Å². The van der Waals surface area contributed by atoms with Crippen molar-refractivity contribution < 1.29 is 4.79 Å². The lowest BCUT2D eigenvalue weighted by molar-refractivity contribution is -0.130. The number of amides is 1. The number of amidine groups is 1. The van der Waals surface area contributed by atoms with E-state index in [0.717, 1.165) is 63.4 Å². The van der Waals surface area contributed by atoms with Crippen LogP contribution >= 0.6 is 0 Å². The van der Waals surface area contributed by atoms with Crippen molar-refractivity contribution in [2.24, 2.45) is 10.4 Å². The van der Waals surface area contributed by atoms with Crippen molar-refractivity contribution in [3.63, 3.8) is 0 Å². The highest BCUT2D eigenvalue weighted by atomic mass is 16.2. The van der Waals surface area contributed by atoms with E-state index in [9.17, 15) is 4.79 Å². The summed E-state index contributed by atoms with van der Waals surface area (Å²) in [6.45, 7) is 10.5. The number of carbonyl (C=O) groups excluding carboxylic acids is 1. The van der Waals surface area contributed by atoms with E-state index < -0.39 is 0 Å². The molecule has 0 bridgehead atoms. The Labute approximate surface area is 175 Å². The van der Waals surface area contributed by atoms with Gasteiger partial charge in [0, 0.05) is 26.2 Å². The van der Waals surface area contributed by atoms with E-state index >= 15 is 0 Å². The summed E-state index contributed by atoms with van der Waals surface area (Å²) in [4.78, 5) is 26.2. The maximum Gasteiger partial charge on any atom is 0.240 e. The molecule has 1 spiro atoms. The summed E-state index contributed by atoms with van der Waals surface area (Å²) in [6.07, 6.45) is 5.48. The maximum absolute atomic E-state index is 14.1. The number of aliphatic imine (C=N–C) groups is 1. The Kier molecular flexibility index (Phi) is 5.56. The number of benzene rings is 1. The van der Waals surface area contributed by atoms with Crippen LogP contribution in [0.1, 0.15) is 52.9 Å². The summed E-state index contributed by atoms with van der Waals surface area (Å²) >= 11 is 0. The van der Waals surface area contributed by atoms with E-state index in [2.05, 4.69) is 49.8 Å². The summed E-state index contributed by atoms with van der Waals surface area (Å²) in [7, 11) is 2.19. The number of carbonyl (C=O) groups is 1. The van der Waals surface area contributed by atoms with E-state index in [1.807, 2.05) is 23.1 Å². The van der Waals surface area contributed by atoms with Gasteiger partial charge in [0.05, 0.1) is 22.7 Å². The highest BCUT2D eigenvalue weighted by Crippen LogP contribution is 2.49. The standard InChI is InChI=1S/C24H36N4O/c1-23(2,3)25-21-20(27-17-15-26(4)16-18-27)24(13-9-6-10-14-24)22(29)28(21)19-11-7-5-8-12-19/h5,7-8,11-12,20H,6,9-10,13-18H2,1-4H3/t20-/m1/s1. The van der Waals surface area contributed by atoms with Crippen LogP contribution in [-0.4, -0.2) is 66.4 Å². The number of anilines is 1. The number of hydrogen-bond acceptors (Lipinski definition) is 4. The number of hydrogen-bond donors (Lipinski definition) is 0. The molecular formula is C24H36N4O. The third-order valence-electron chi connectivity index (χ3n) is 6.74. The minimum atomic E-state index is -0.325. The largest absolute Gasteiger partial charge is 0.304 e. The van der Waals surface area contributed by atoms with E-state index in [0.29, 0.717) is 0 Å². The molecule has 3 fully saturated rings. The molecule has 1 aromatic rings. The molecule has 4 rings (SSSR count). The van der Waals surface area contributed by atoms with Crippen molar-refractivity contribution in [1.82, 2.24) is 9.80 Å². The summed E-state index contributed by atoms with van der Waals surface area (Å²) < 4.78 is 0. The van der Waals surface area contributed by atoms with Gasteiger partial charge in [-0.05, 0) is 52.8 Å². The molecule has 29 heavy (non-hydrogen) atoms. The number of nitrogens with zero attached hydrogens (tertiary/aromatic N) is 4. The first kappa shape index (κ1) is 20.5. The van der Waals surface area contributed by atoms with E-state index in [4.69, 9.17) is 4.99 Å². The zero-order valence-electron chi connectivity index (χ0n) is 18.5. The van der Waals surface area contributed by atoms with Crippen LogP contribution in [0.3, 0.4) is 0 Å². The van der Waals surface area contributed by atoms with Crippen LogP contribution in [0.25, 0.3) is 0 Å². The zero-order valence-corrected chi connectivity index (χ0v) is 18.5. The van der Waals surface area contributed by atoms with Gasteiger partial charge in [0.25, 0.3) is 0 Å². The molecule has 0 radical (unpaired) electrons. The van der Waals surface area contributed by atoms with E-state index in [1.54, 1.807) is 0 Å². The fraction of sp³-hybridized carbons (Fsp3) is 0.667. The van der Waals surface area contributed by atoms with Crippen LogP contribution in [0.5, 0.6) is 0 Å². The summed E-state index contributed by atoms with van der Waals surface area (Å²) in [5.41, 5.74) is 0.406. The second-order valence-electron chi connectivity index (χ2n) is 10.1. The maximum atomic E-state index is 14.1. The van der Waals surface area contributed by atoms with Crippen LogP contribution in [0.15, 0.2) is 35.3 Å². The first-order valence-corrected chi connectivity index (χ1v) is 11.2. The van der Waals surface area contributed by atoms with Crippen molar-refractivity contribution in [2.45, 2.75) is 64.5 Å². The molecule has 2 heterocycles. The Bertz CT molecular complexity index is 753. The molecule has 1 aliphatic carbocycles. The Morgan fingerprint density at radius 3 is 2.17 bits per heavy atom.